The topological polar surface area (TPSA) is 92.9 Å². The van der Waals surface area contributed by atoms with Gasteiger partial charge in [0.15, 0.2) is 0 Å². The molecule has 21 heavy (non-hydrogen) atoms. The second kappa shape index (κ2) is 6.32. The Morgan fingerprint density at radius 3 is 2.90 bits per heavy atom. The smallest absolute Gasteiger partial charge is 0.244 e. The van der Waals surface area contributed by atoms with Crippen molar-refractivity contribution in [3.05, 3.63) is 29.6 Å². The summed E-state index contributed by atoms with van der Waals surface area (Å²) in [5.41, 5.74) is 5.13. The maximum Gasteiger partial charge on any atom is 0.244 e. The fourth-order valence-corrected chi connectivity index (χ4v) is 4.26. The van der Waals surface area contributed by atoms with Crippen LogP contribution in [0.1, 0.15) is 5.56 Å². The molecule has 1 atom stereocenters. The van der Waals surface area contributed by atoms with Crippen LogP contribution >= 0.6 is 12.2 Å². The second-order valence-electron chi connectivity index (χ2n) is 4.50. The second-order valence-corrected chi connectivity index (χ2v) is 6.80. The molecule has 0 spiro atoms. The minimum atomic E-state index is -4.04. The minimum Gasteiger partial charge on any atom is -0.395 e. The molecule has 2 rings (SSSR count). The van der Waals surface area contributed by atoms with Gasteiger partial charge in [0.1, 0.15) is 10.8 Å². The number of nitrogens with two attached hydrogens (primary N) is 1. The highest BCUT2D eigenvalue weighted by Crippen LogP contribution is 2.25. The molecular weight excluding hydrogens is 319 g/mol. The lowest BCUT2D eigenvalue weighted by Gasteiger charge is -2.33. The maximum atomic E-state index is 13.9. The Labute approximate surface area is 127 Å². The lowest BCUT2D eigenvalue weighted by molar-refractivity contribution is 0.0109. The quantitative estimate of drug-likeness (QED) is 0.744. The van der Waals surface area contributed by atoms with E-state index in [9.17, 15) is 17.9 Å². The molecule has 6 nitrogen and oxygen atoms in total. The van der Waals surface area contributed by atoms with E-state index in [2.05, 4.69) is 0 Å². The van der Waals surface area contributed by atoms with Gasteiger partial charge in [-0.05, 0) is 12.1 Å². The van der Waals surface area contributed by atoms with Crippen LogP contribution in [0.3, 0.4) is 0 Å². The van der Waals surface area contributed by atoms with Crippen LogP contribution in [-0.4, -0.2) is 55.2 Å². The number of benzene rings is 1. The average Bonchev–Trinajstić information content (AvgIpc) is 2.46. The highest BCUT2D eigenvalue weighted by atomic mass is 32.2. The molecule has 0 amide bonds. The normalized spacial score (nSPS) is 20.4. The van der Waals surface area contributed by atoms with Crippen LogP contribution in [0.15, 0.2) is 23.1 Å². The van der Waals surface area contributed by atoms with E-state index in [1.54, 1.807) is 0 Å². The largest absolute Gasteiger partial charge is 0.395 e. The molecule has 3 N–H and O–H groups in total. The Morgan fingerprint density at radius 2 is 2.29 bits per heavy atom. The number of aliphatic hydroxyl groups is 1. The van der Waals surface area contributed by atoms with Gasteiger partial charge in [0, 0.05) is 6.54 Å². The first-order valence-electron chi connectivity index (χ1n) is 6.18. The number of hydrogen-bond donors (Lipinski definition) is 2. The van der Waals surface area contributed by atoms with Gasteiger partial charge in [-0.2, -0.15) is 4.31 Å². The lowest BCUT2D eigenvalue weighted by Crippen LogP contribution is -2.50. The van der Waals surface area contributed by atoms with Crippen molar-refractivity contribution in [1.29, 1.82) is 0 Å². The van der Waals surface area contributed by atoms with Gasteiger partial charge >= 0.3 is 0 Å². The molecule has 1 heterocycles. The number of nitrogens with zero attached hydrogens (tertiary/aromatic N) is 1. The molecular formula is C12H15FN2O4S2. The van der Waals surface area contributed by atoms with Gasteiger partial charge in [-0.3, -0.25) is 0 Å². The highest BCUT2D eigenvalue weighted by Gasteiger charge is 2.36. The van der Waals surface area contributed by atoms with E-state index in [-0.39, 0.29) is 35.2 Å². The number of thiocarbonyl (C=S) groups is 1. The first-order chi connectivity index (χ1) is 9.89. The molecule has 1 unspecified atom stereocenters. The van der Waals surface area contributed by atoms with E-state index < -0.39 is 28.5 Å². The van der Waals surface area contributed by atoms with E-state index in [0.29, 0.717) is 0 Å². The van der Waals surface area contributed by atoms with Gasteiger partial charge in [0.05, 0.1) is 36.3 Å². The van der Waals surface area contributed by atoms with E-state index in [4.69, 9.17) is 22.7 Å². The zero-order valence-corrected chi connectivity index (χ0v) is 12.7. The van der Waals surface area contributed by atoms with Crippen LogP contribution in [0.5, 0.6) is 0 Å². The number of rotatable bonds is 4. The van der Waals surface area contributed by atoms with Crippen molar-refractivity contribution in [2.75, 3.05) is 26.4 Å². The van der Waals surface area contributed by atoms with E-state index in [1.807, 2.05) is 0 Å². The Bertz CT molecular complexity index is 651. The summed E-state index contributed by atoms with van der Waals surface area (Å²) in [6.45, 7) is -0.0430. The summed E-state index contributed by atoms with van der Waals surface area (Å²) in [5.74, 6) is -0.794. The minimum absolute atomic E-state index is 0.0703. The lowest BCUT2D eigenvalue weighted by atomic mass is 10.2. The average molecular weight is 334 g/mol. The van der Waals surface area contributed by atoms with Crippen molar-refractivity contribution in [1.82, 2.24) is 4.31 Å². The molecule has 1 aliphatic rings. The summed E-state index contributed by atoms with van der Waals surface area (Å²) in [6.07, 6.45) is 0. The zero-order valence-electron chi connectivity index (χ0n) is 11.0. The first-order valence-corrected chi connectivity index (χ1v) is 8.03. The van der Waals surface area contributed by atoms with E-state index >= 15 is 0 Å². The number of morpholine rings is 1. The fraction of sp³-hybridized carbons (Fsp3) is 0.417. The van der Waals surface area contributed by atoms with Gasteiger partial charge in [0.25, 0.3) is 0 Å². The third-order valence-corrected chi connectivity index (χ3v) is 5.39. The Kier molecular flexibility index (Phi) is 4.89. The standard InChI is InChI=1S/C12H15FN2O4S2/c13-9-2-1-3-10(11(9)12(14)20)21(17,18)15-4-5-19-7-8(15)6-16/h1-3,8,16H,4-7H2,(H2,14,20). The number of halogens is 1. The number of aliphatic hydroxyl groups excluding tert-OH is 1. The van der Waals surface area contributed by atoms with Crippen molar-refractivity contribution in [2.24, 2.45) is 5.73 Å². The summed E-state index contributed by atoms with van der Waals surface area (Å²) in [5, 5.41) is 9.29. The van der Waals surface area contributed by atoms with Crippen molar-refractivity contribution in [3.8, 4) is 0 Å². The first kappa shape index (κ1) is 16.2. The van der Waals surface area contributed by atoms with Crippen LogP contribution in [-0.2, 0) is 14.8 Å². The highest BCUT2D eigenvalue weighted by molar-refractivity contribution is 7.89. The maximum absolute atomic E-state index is 13.9. The van der Waals surface area contributed by atoms with E-state index in [1.165, 1.54) is 12.1 Å². The summed E-state index contributed by atoms with van der Waals surface area (Å²) < 4.78 is 45.5. The number of sulfonamides is 1. The summed E-state index contributed by atoms with van der Waals surface area (Å²) >= 11 is 4.75. The van der Waals surface area contributed by atoms with Crippen LogP contribution in [0.4, 0.5) is 4.39 Å². The monoisotopic (exact) mass is 334 g/mol. The molecule has 1 saturated heterocycles. The molecule has 1 fully saturated rings. The third kappa shape index (κ3) is 3.06. The molecule has 1 aromatic rings. The molecule has 0 radical (unpaired) electrons. The molecule has 1 aromatic carbocycles. The summed E-state index contributed by atoms with van der Waals surface area (Å²) in [4.78, 5) is -0.629. The van der Waals surface area contributed by atoms with Gasteiger partial charge < -0.3 is 15.6 Å². The van der Waals surface area contributed by atoms with Crippen molar-refractivity contribution >= 4 is 27.2 Å². The predicted molar refractivity (Wildman–Crippen MR) is 77.9 cm³/mol. The Balaban J connectivity index is 2.54. The van der Waals surface area contributed by atoms with Crippen LogP contribution in [0, 0.1) is 5.82 Å². The Morgan fingerprint density at radius 1 is 1.57 bits per heavy atom. The van der Waals surface area contributed by atoms with E-state index in [0.717, 1.165) is 10.4 Å². The predicted octanol–water partition coefficient (Wildman–Crippen LogP) is -0.158. The SMILES string of the molecule is NC(=S)c1c(F)cccc1S(=O)(=O)N1CCOCC1CO. The number of hydrogen-bond acceptors (Lipinski definition) is 5. The zero-order chi connectivity index (χ0) is 15.6. The molecule has 9 heteroatoms. The van der Waals surface area contributed by atoms with Gasteiger partial charge in [-0.25, -0.2) is 12.8 Å². The van der Waals surface area contributed by atoms with Crippen LogP contribution in [0.2, 0.25) is 0 Å². The van der Waals surface area contributed by atoms with Crippen molar-refractivity contribution in [3.63, 3.8) is 0 Å². The van der Waals surface area contributed by atoms with Gasteiger partial charge in [-0.15, -0.1) is 0 Å². The van der Waals surface area contributed by atoms with Gasteiger partial charge in [0.2, 0.25) is 10.0 Å². The van der Waals surface area contributed by atoms with Crippen LogP contribution < -0.4 is 5.73 Å². The summed E-state index contributed by atoms with van der Waals surface area (Å²) in [7, 11) is -4.04. The Hall–Kier alpha value is -1.13. The molecule has 0 saturated carbocycles. The van der Waals surface area contributed by atoms with Crippen molar-refractivity contribution < 1.29 is 22.7 Å². The molecule has 0 bridgehead atoms. The molecule has 0 aliphatic carbocycles. The molecule has 0 aromatic heterocycles. The molecule has 1 aliphatic heterocycles. The fourth-order valence-electron chi connectivity index (χ4n) is 2.18. The summed E-state index contributed by atoms with van der Waals surface area (Å²) in [6, 6.07) is 2.90. The molecule has 116 valence electrons. The van der Waals surface area contributed by atoms with Crippen LogP contribution in [0.25, 0.3) is 0 Å². The number of ether oxygens (including phenoxy) is 1. The third-order valence-electron chi connectivity index (χ3n) is 3.19. The van der Waals surface area contributed by atoms with Crippen molar-refractivity contribution in [2.45, 2.75) is 10.9 Å². The van der Waals surface area contributed by atoms with Gasteiger partial charge in [-0.1, -0.05) is 18.3 Å².